The highest BCUT2D eigenvalue weighted by molar-refractivity contribution is 7.90. The van der Waals surface area contributed by atoms with Gasteiger partial charge in [0.2, 0.25) is 5.91 Å². The molecular formula is C22H19N2O3S. The fourth-order valence-corrected chi connectivity index (χ4v) is 4.64. The van der Waals surface area contributed by atoms with Gasteiger partial charge in [0.05, 0.1) is 15.9 Å². The summed E-state index contributed by atoms with van der Waals surface area (Å²) in [5.74, 6) is -0.504. The molecule has 4 rings (SSSR count). The summed E-state index contributed by atoms with van der Waals surface area (Å²) in [6.45, 7) is 2.32. The molecule has 0 aliphatic rings. The summed E-state index contributed by atoms with van der Waals surface area (Å²) >= 11 is 0. The first-order valence-corrected chi connectivity index (χ1v) is 10.7. The van der Waals surface area contributed by atoms with Gasteiger partial charge in [0.25, 0.3) is 0 Å². The summed E-state index contributed by atoms with van der Waals surface area (Å²) in [5.41, 5.74) is 9.44. The number of nitrogens with two attached hydrogens (primary N) is 1. The van der Waals surface area contributed by atoms with Crippen LogP contribution in [-0.2, 0) is 16.4 Å². The molecule has 1 amide bonds. The number of fused-ring (bicyclic) bond motifs is 3. The van der Waals surface area contributed by atoms with Crippen molar-refractivity contribution in [2.75, 3.05) is 6.26 Å². The highest BCUT2D eigenvalue weighted by Gasteiger charge is 2.19. The molecule has 2 N–H and O–H groups in total. The van der Waals surface area contributed by atoms with Crippen LogP contribution in [0.2, 0.25) is 0 Å². The van der Waals surface area contributed by atoms with E-state index in [-0.39, 0.29) is 0 Å². The lowest BCUT2D eigenvalue weighted by molar-refractivity contribution is 0.100. The van der Waals surface area contributed by atoms with Gasteiger partial charge in [-0.3, -0.25) is 4.79 Å². The number of benzene rings is 3. The Labute approximate surface area is 163 Å². The number of primary amides is 1. The SMILES string of the molecule is Cc1c[c]c2c3c(C(N)=O)cccc3n(Cc3ccccc3S(C)(=O)=O)c2c1. The van der Waals surface area contributed by atoms with Crippen molar-refractivity contribution >= 4 is 37.6 Å². The van der Waals surface area contributed by atoms with Gasteiger partial charge in [-0.05, 0) is 48.4 Å². The van der Waals surface area contributed by atoms with Crippen LogP contribution in [-0.4, -0.2) is 25.1 Å². The maximum Gasteiger partial charge on any atom is 0.249 e. The summed E-state index contributed by atoms with van der Waals surface area (Å²) in [4.78, 5) is 12.3. The zero-order valence-corrected chi connectivity index (χ0v) is 16.4. The minimum absolute atomic E-state index is 0.299. The maximum atomic E-state index is 12.2. The molecule has 0 unspecified atom stereocenters. The van der Waals surface area contributed by atoms with Crippen molar-refractivity contribution in [1.29, 1.82) is 0 Å². The molecule has 0 fully saturated rings. The van der Waals surface area contributed by atoms with Crippen LogP contribution in [0, 0.1) is 13.0 Å². The molecule has 1 aromatic heterocycles. The van der Waals surface area contributed by atoms with Gasteiger partial charge in [0.15, 0.2) is 9.84 Å². The third-order valence-electron chi connectivity index (χ3n) is 4.90. The quantitative estimate of drug-likeness (QED) is 0.578. The first-order valence-electron chi connectivity index (χ1n) is 8.78. The van der Waals surface area contributed by atoms with Crippen molar-refractivity contribution in [1.82, 2.24) is 4.57 Å². The van der Waals surface area contributed by atoms with Crippen LogP contribution in [0.1, 0.15) is 21.5 Å². The number of rotatable bonds is 4. The number of nitrogens with zero attached hydrogens (tertiary/aromatic N) is 1. The van der Waals surface area contributed by atoms with Gasteiger partial charge in [0.1, 0.15) is 0 Å². The topological polar surface area (TPSA) is 82.2 Å². The van der Waals surface area contributed by atoms with Gasteiger partial charge in [-0.15, -0.1) is 0 Å². The Hall–Kier alpha value is -3.12. The molecule has 6 heteroatoms. The van der Waals surface area contributed by atoms with Crippen molar-refractivity contribution in [3.8, 4) is 0 Å². The van der Waals surface area contributed by atoms with Crippen LogP contribution >= 0.6 is 0 Å². The largest absolute Gasteiger partial charge is 0.366 e. The molecular weight excluding hydrogens is 372 g/mol. The Kier molecular flexibility index (Phi) is 4.23. The maximum absolute atomic E-state index is 12.2. The Balaban J connectivity index is 2.06. The average molecular weight is 391 g/mol. The molecule has 4 aromatic rings. The second-order valence-electron chi connectivity index (χ2n) is 6.97. The van der Waals surface area contributed by atoms with Crippen LogP contribution in [0.4, 0.5) is 0 Å². The number of aryl methyl sites for hydroxylation is 1. The van der Waals surface area contributed by atoms with Crippen molar-refractivity contribution in [2.45, 2.75) is 18.4 Å². The minimum atomic E-state index is -3.37. The van der Waals surface area contributed by atoms with E-state index in [9.17, 15) is 13.2 Å². The molecule has 0 spiro atoms. The van der Waals surface area contributed by atoms with E-state index >= 15 is 0 Å². The van der Waals surface area contributed by atoms with E-state index in [0.717, 1.165) is 27.4 Å². The zero-order chi connectivity index (χ0) is 20.1. The van der Waals surface area contributed by atoms with E-state index in [1.807, 2.05) is 41.8 Å². The first kappa shape index (κ1) is 18.3. The molecule has 0 saturated heterocycles. The van der Waals surface area contributed by atoms with E-state index in [2.05, 4.69) is 6.07 Å². The standard InChI is InChI=1S/C22H19N2O3S/c1-14-10-11-16-19(12-14)24(18-8-5-7-17(21(16)18)22(23)25)13-15-6-3-4-9-20(15)28(2,26)27/h3-10,12H,13H2,1-2H3,(H2,23,25). The summed E-state index contributed by atoms with van der Waals surface area (Å²) in [5, 5.41) is 1.54. The van der Waals surface area contributed by atoms with E-state index in [1.54, 1.807) is 24.3 Å². The lowest BCUT2D eigenvalue weighted by Gasteiger charge is -2.12. The van der Waals surface area contributed by atoms with Crippen molar-refractivity contribution in [3.05, 3.63) is 77.4 Å². The highest BCUT2D eigenvalue weighted by atomic mass is 32.2. The zero-order valence-electron chi connectivity index (χ0n) is 15.6. The molecule has 0 bridgehead atoms. The predicted octanol–water partition coefficient (Wildman–Crippen LogP) is 3.45. The van der Waals surface area contributed by atoms with Crippen molar-refractivity contribution < 1.29 is 13.2 Å². The number of carbonyl (C=O) groups is 1. The molecule has 0 aliphatic carbocycles. The van der Waals surface area contributed by atoms with E-state index in [4.69, 9.17) is 5.73 Å². The van der Waals surface area contributed by atoms with E-state index in [1.165, 1.54) is 6.26 Å². The number of hydrogen-bond donors (Lipinski definition) is 1. The number of carbonyl (C=O) groups excluding carboxylic acids is 1. The molecule has 0 atom stereocenters. The molecule has 1 radical (unpaired) electrons. The highest BCUT2D eigenvalue weighted by Crippen LogP contribution is 2.33. The summed E-state index contributed by atoms with van der Waals surface area (Å²) < 4.78 is 26.5. The van der Waals surface area contributed by atoms with Gasteiger partial charge in [-0.25, -0.2) is 8.42 Å². The first-order chi connectivity index (χ1) is 13.3. The van der Waals surface area contributed by atoms with Crippen LogP contribution in [0.5, 0.6) is 0 Å². The van der Waals surface area contributed by atoms with Crippen molar-refractivity contribution in [3.63, 3.8) is 0 Å². The Morgan fingerprint density at radius 2 is 1.86 bits per heavy atom. The monoisotopic (exact) mass is 391 g/mol. The van der Waals surface area contributed by atoms with Gasteiger partial charge < -0.3 is 10.3 Å². The number of amides is 1. The summed E-state index contributed by atoms with van der Waals surface area (Å²) in [6, 6.07) is 19.5. The average Bonchev–Trinajstić information content (AvgIpc) is 2.94. The predicted molar refractivity (Wildman–Crippen MR) is 110 cm³/mol. The fraction of sp³-hybridized carbons (Fsp3) is 0.136. The van der Waals surface area contributed by atoms with E-state index in [0.29, 0.717) is 22.6 Å². The molecule has 0 aliphatic heterocycles. The molecule has 1 heterocycles. The Morgan fingerprint density at radius 3 is 2.57 bits per heavy atom. The third-order valence-corrected chi connectivity index (χ3v) is 6.10. The van der Waals surface area contributed by atoms with Gasteiger partial charge in [-0.1, -0.05) is 30.3 Å². The van der Waals surface area contributed by atoms with Crippen LogP contribution in [0.3, 0.4) is 0 Å². The number of sulfone groups is 1. The third kappa shape index (κ3) is 2.96. The molecule has 28 heavy (non-hydrogen) atoms. The summed E-state index contributed by atoms with van der Waals surface area (Å²) in [7, 11) is -3.37. The second kappa shape index (κ2) is 6.49. The molecule has 5 nitrogen and oxygen atoms in total. The van der Waals surface area contributed by atoms with Crippen LogP contribution < -0.4 is 5.73 Å². The van der Waals surface area contributed by atoms with Gasteiger partial charge in [0, 0.05) is 29.1 Å². The van der Waals surface area contributed by atoms with Crippen LogP contribution in [0.25, 0.3) is 21.8 Å². The lowest BCUT2D eigenvalue weighted by Crippen LogP contribution is -2.11. The number of aromatic nitrogens is 1. The van der Waals surface area contributed by atoms with Crippen molar-refractivity contribution in [2.24, 2.45) is 5.73 Å². The summed E-state index contributed by atoms with van der Waals surface area (Å²) in [6.07, 6.45) is 1.21. The smallest absolute Gasteiger partial charge is 0.249 e. The molecule has 141 valence electrons. The molecule has 3 aromatic carbocycles. The van der Waals surface area contributed by atoms with Gasteiger partial charge >= 0.3 is 0 Å². The van der Waals surface area contributed by atoms with Crippen LogP contribution in [0.15, 0.2) is 59.5 Å². The Bertz CT molecular complexity index is 1350. The van der Waals surface area contributed by atoms with E-state index < -0.39 is 15.7 Å². The lowest BCUT2D eigenvalue weighted by atomic mass is 10.1. The second-order valence-corrected chi connectivity index (χ2v) is 8.95. The molecule has 0 saturated carbocycles. The Morgan fingerprint density at radius 1 is 1.11 bits per heavy atom. The minimum Gasteiger partial charge on any atom is -0.366 e. The normalized spacial score (nSPS) is 11.9. The number of hydrogen-bond acceptors (Lipinski definition) is 3. The fourth-order valence-electron chi connectivity index (χ4n) is 3.70. The van der Waals surface area contributed by atoms with Gasteiger partial charge in [-0.2, -0.15) is 0 Å².